The number of carbonyl (C=O) groups is 2. The summed E-state index contributed by atoms with van der Waals surface area (Å²) in [7, 11) is 0. The van der Waals surface area contributed by atoms with Crippen molar-refractivity contribution < 1.29 is 24.5 Å². The highest BCUT2D eigenvalue weighted by molar-refractivity contribution is 6.30. The van der Waals surface area contributed by atoms with Crippen LogP contribution in [-0.4, -0.2) is 53.3 Å². The zero-order valence-corrected chi connectivity index (χ0v) is 13.4. The van der Waals surface area contributed by atoms with Gasteiger partial charge in [-0.3, -0.25) is 14.5 Å². The molecule has 0 aliphatic carbocycles. The third kappa shape index (κ3) is 5.20. The molecule has 0 saturated carbocycles. The van der Waals surface area contributed by atoms with Crippen LogP contribution < -0.4 is 0 Å². The van der Waals surface area contributed by atoms with Gasteiger partial charge >= 0.3 is 11.9 Å². The van der Waals surface area contributed by atoms with Crippen LogP contribution in [0, 0.1) is 5.92 Å². The second kappa shape index (κ2) is 8.29. The quantitative estimate of drug-likeness (QED) is 0.740. The zero-order chi connectivity index (χ0) is 16.8. The number of hydrogen-bond acceptors (Lipinski definition) is 4. The first kappa shape index (κ1) is 17.7. The third-order valence-electron chi connectivity index (χ3n) is 3.96. The van der Waals surface area contributed by atoms with Gasteiger partial charge in [-0.15, -0.1) is 0 Å². The summed E-state index contributed by atoms with van der Waals surface area (Å²) in [5, 5.41) is 18.4. The van der Waals surface area contributed by atoms with Crippen LogP contribution in [0.5, 0.6) is 0 Å². The van der Waals surface area contributed by atoms with E-state index in [2.05, 4.69) is 4.90 Å². The van der Waals surface area contributed by atoms with Gasteiger partial charge in [0, 0.05) is 18.1 Å². The van der Waals surface area contributed by atoms with Crippen molar-refractivity contribution in [3.05, 3.63) is 34.9 Å². The molecule has 0 unspecified atom stereocenters. The van der Waals surface area contributed by atoms with Crippen LogP contribution in [0.4, 0.5) is 0 Å². The Morgan fingerprint density at radius 2 is 1.91 bits per heavy atom. The molecule has 2 rings (SSSR count). The lowest BCUT2D eigenvalue weighted by atomic mass is 10.0. The van der Waals surface area contributed by atoms with E-state index in [4.69, 9.17) is 26.6 Å². The predicted octanol–water partition coefficient (Wildman–Crippen LogP) is 2.28. The molecule has 1 aliphatic heterocycles. The Labute approximate surface area is 139 Å². The molecule has 1 aromatic rings. The molecule has 1 atom stereocenters. The first-order valence-electron chi connectivity index (χ1n) is 7.52. The minimum atomic E-state index is -1.33. The van der Waals surface area contributed by atoms with E-state index in [0.717, 1.165) is 12.1 Å². The molecule has 1 aromatic carbocycles. The van der Waals surface area contributed by atoms with E-state index in [-0.39, 0.29) is 12.5 Å². The summed E-state index contributed by atoms with van der Waals surface area (Å²) in [6, 6.07) is 7.51. The van der Waals surface area contributed by atoms with Gasteiger partial charge in [-0.1, -0.05) is 23.7 Å². The molecule has 0 bridgehead atoms. The standard InChI is InChI=1S/C16H20ClNO5/c17-12-5-3-11(4-6-12)14-10-18(8-9-23-14)7-1-2-13(15(19)20)16(21)22/h3-6,13-14H,1-2,7-10H2,(H,19,20)(H,21,22)/t14-/m1/s1. The largest absolute Gasteiger partial charge is 0.481 e. The topological polar surface area (TPSA) is 87.1 Å². The normalized spacial score (nSPS) is 19.0. The fourth-order valence-electron chi connectivity index (χ4n) is 2.66. The van der Waals surface area contributed by atoms with E-state index in [1.807, 2.05) is 24.3 Å². The maximum atomic E-state index is 10.9. The number of carboxylic acids is 2. The summed E-state index contributed by atoms with van der Waals surface area (Å²) in [5.74, 6) is -3.89. The maximum absolute atomic E-state index is 10.9. The molecular weight excluding hydrogens is 322 g/mol. The summed E-state index contributed by atoms with van der Waals surface area (Å²) in [4.78, 5) is 23.9. The Morgan fingerprint density at radius 1 is 1.26 bits per heavy atom. The van der Waals surface area contributed by atoms with Gasteiger partial charge in [0.05, 0.1) is 12.7 Å². The Balaban J connectivity index is 1.83. The lowest BCUT2D eigenvalue weighted by Crippen LogP contribution is -2.39. The summed E-state index contributed by atoms with van der Waals surface area (Å²) >= 11 is 5.88. The van der Waals surface area contributed by atoms with Gasteiger partial charge in [0.1, 0.15) is 0 Å². The van der Waals surface area contributed by atoms with Crippen molar-refractivity contribution in [1.29, 1.82) is 0 Å². The average molecular weight is 342 g/mol. The van der Waals surface area contributed by atoms with Gasteiger partial charge in [0.25, 0.3) is 0 Å². The average Bonchev–Trinajstić information content (AvgIpc) is 2.52. The smallest absolute Gasteiger partial charge is 0.317 e. The molecule has 0 radical (unpaired) electrons. The number of aliphatic carboxylic acids is 2. The summed E-state index contributed by atoms with van der Waals surface area (Å²) < 4.78 is 5.77. The van der Waals surface area contributed by atoms with E-state index in [9.17, 15) is 9.59 Å². The minimum Gasteiger partial charge on any atom is -0.481 e. The molecule has 0 aromatic heterocycles. The molecule has 0 amide bonds. The van der Waals surface area contributed by atoms with Crippen molar-refractivity contribution >= 4 is 23.5 Å². The van der Waals surface area contributed by atoms with Gasteiger partial charge in [-0.25, -0.2) is 0 Å². The van der Waals surface area contributed by atoms with E-state index >= 15 is 0 Å². The second-order valence-corrected chi connectivity index (χ2v) is 6.02. The van der Waals surface area contributed by atoms with Gasteiger partial charge < -0.3 is 14.9 Å². The van der Waals surface area contributed by atoms with E-state index in [0.29, 0.717) is 31.1 Å². The first-order valence-corrected chi connectivity index (χ1v) is 7.90. The molecule has 7 heteroatoms. The van der Waals surface area contributed by atoms with Crippen LogP contribution in [0.3, 0.4) is 0 Å². The first-order chi connectivity index (χ1) is 11.0. The Hall–Kier alpha value is -1.63. The van der Waals surface area contributed by atoms with Crippen molar-refractivity contribution in [2.24, 2.45) is 5.92 Å². The van der Waals surface area contributed by atoms with Crippen LogP contribution in [0.2, 0.25) is 5.02 Å². The molecule has 0 spiro atoms. The molecule has 1 saturated heterocycles. The lowest BCUT2D eigenvalue weighted by molar-refractivity contribution is -0.154. The van der Waals surface area contributed by atoms with Crippen LogP contribution in [0.1, 0.15) is 24.5 Å². The number of carboxylic acid groups (broad SMARTS) is 2. The van der Waals surface area contributed by atoms with Crippen molar-refractivity contribution in [2.75, 3.05) is 26.2 Å². The Bertz CT molecular complexity index is 534. The fourth-order valence-corrected chi connectivity index (χ4v) is 2.78. The number of ether oxygens (including phenoxy) is 1. The predicted molar refractivity (Wildman–Crippen MR) is 84.6 cm³/mol. The molecule has 6 nitrogen and oxygen atoms in total. The molecule has 1 aliphatic rings. The molecule has 2 N–H and O–H groups in total. The highest BCUT2D eigenvalue weighted by atomic mass is 35.5. The number of morpholine rings is 1. The molecule has 1 heterocycles. The van der Waals surface area contributed by atoms with Crippen molar-refractivity contribution in [1.82, 2.24) is 4.90 Å². The number of benzene rings is 1. The van der Waals surface area contributed by atoms with Crippen LogP contribution in [0.25, 0.3) is 0 Å². The lowest BCUT2D eigenvalue weighted by Gasteiger charge is -2.33. The van der Waals surface area contributed by atoms with Crippen LogP contribution in [0.15, 0.2) is 24.3 Å². The van der Waals surface area contributed by atoms with Crippen molar-refractivity contribution in [3.63, 3.8) is 0 Å². The van der Waals surface area contributed by atoms with Crippen LogP contribution in [-0.2, 0) is 14.3 Å². The number of rotatable bonds is 7. The van der Waals surface area contributed by atoms with Gasteiger partial charge in [0.2, 0.25) is 0 Å². The highest BCUT2D eigenvalue weighted by Gasteiger charge is 2.26. The van der Waals surface area contributed by atoms with Crippen molar-refractivity contribution in [3.8, 4) is 0 Å². The minimum absolute atomic E-state index is 0.0456. The summed E-state index contributed by atoms with van der Waals surface area (Å²) in [6.07, 6.45) is 0.611. The number of nitrogens with zero attached hydrogens (tertiary/aromatic N) is 1. The van der Waals surface area contributed by atoms with Gasteiger partial charge in [-0.2, -0.15) is 0 Å². The van der Waals surface area contributed by atoms with Gasteiger partial charge in [0.15, 0.2) is 5.92 Å². The monoisotopic (exact) mass is 341 g/mol. The highest BCUT2D eigenvalue weighted by Crippen LogP contribution is 2.24. The van der Waals surface area contributed by atoms with E-state index in [1.54, 1.807) is 0 Å². The van der Waals surface area contributed by atoms with E-state index < -0.39 is 17.9 Å². The maximum Gasteiger partial charge on any atom is 0.317 e. The number of hydrogen-bond donors (Lipinski definition) is 2. The summed E-state index contributed by atoms with van der Waals surface area (Å²) in [6.45, 7) is 2.71. The fraction of sp³-hybridized carbons (Fsp3) is 0.500. The van der Waals surface area contributed by atoms with E-state index in [1.165, 1.54) is 0 Å². The zero-order valence-electron chi connectivity index (χ0n) is 12.7. The molecule has 1 fully saturated rings. The third-order valence-corrected chi connectivity index (χ3v) is 4.21. The Kier molecular flexibility index (Phi) is 6.38. The molecular formula is C16H20ClNO5. The Morgan fingerprint density at radius 3 is 2.52 bits per heavy atom. The second-order valence-electron chi connectivity index (χ2n) is 5.58. The number of halogens is 1. The molecule has 126 valence electrons. The summed E-state index contributed by atoms with van der Waals surface area (Å²) in [5.41, 5.74) is 1.05. The van der Waals surface area contributed by atoms with Crippen molar-refractivity contribution in [2.45, 2.75) is 18.9 Å². The van der Waals surface area contributed by atoms with Gasteiger partial charge in [-0.05, 0) is 37.1 Å². The SMILES string of the molecule is O=C(O)C(CCCN1CCO[C@@H](c2ccc(Cl)cc2)C1)C(=O)O. The molecule has 23 heavy (non-hydrogen) atoms. The van der Waals surface area contributed by atoms with Crippen LogP contribution >= 0.6 is 11.6 Å².